The van der Waals surface area contributed by atoms with Crippen LogP contribution in [0.15, 0.2) is 18.2 Å². The van der Waals surface area contributed by atoms with E-state index < -0.39 is 23.1 Å². The molecule has 19 heavy (non-hydrogen) atoms. The van der Waals surface area contributed by atoms with Crippen LogP contribution in [-0.2, 0) is 9.53 Å². The van der Waals surface area contributed by atoms with Gasteiger partial charge in [0.15, 0.2) is 6.10 Å². The molecule has 8 heteroatoms. The minimum Gasteiger partial charge on any atom is -0.464 e. The van der Waals surface area contributed by atoms with Gasteiger partial charge in [0.05, 0.1) is 16.6 Å². The van der Waals surface area contributed by atoms with Crippen LogP contribution in [0.25, 0.3) is 0 Å². The number of hydrogen-bond donors (Lipinski definition) is 2. The highest BCUT2D eigenvalue weighted by Gasteiger charge is 2.29. The number of carbonyl (C=O) groups is 1. The van der Waals surface area contributed by atoms with Gasteiger partial charge in [-0.2, -0.15) is 0 Å². The van der Waals surface area contributed by atoms with Gasteiger partial charge in [-0.05, 0) is 13.0 Å². The average molecular weight is 290 g/mol. The van der Waals surface area contributed by atoms with Crippen molar-refractivity contribution in [2.75, 3.05) is 6.61 Å². The molecule has 1 aromatic carbocycles. The molecule has 104 valence electrons. The summed E-state index contributed by atoms with van der Waals surface area (Å²) >= 11 is 5.77. The molecular formula is C11H12ClNO6. The lowest BCUT2D eigenvalue weighted by Crippen LogP contribution is -2.30. The largest absolute Gasteiger partial charge is 0.464 e. The number of carbonyl (C=O) groups excluding carboxylic acids is 1. The maximum atomic E-state index is 11.3. The van der Waals surface area contributed by atoms with E-state index in [4.69, 9.17) is 11.6 Å². The number of nitro benzene ring substituents is 1. The number of nitrogens with zero attached hydrogens (tertiary/aromatic N) is 1. The van der Waals surface area contributed by atoms with E-state index in [1.54, 1.807) is 6.92 Å². The molecule has 2 N–H and O–H groups in total. The molecule has 1 rings (SSSR count). The van der Waals surface area contributed by atoms with E-state index in [2.05, 4.69) is 4.74 Å². The van der Waals surface area contributed by atoms with Crippen molar-refractivity contribution in [3.05, 3.63) is 38.9 Å². The van der Waals surface area contributed by atoms with Crippen molar-refractivity contribution < 1.29 is 24.7 Å². The van der Waals surface area contributed by atoms with E-state index in [9.17, 15) is 25.1 Å². The van der Waals surface area contributed by atoms with E-state index in [0.29, 0.717) is 0 Å². The third-order valence-corrected chi connectivity index (χ3v) is 2.67. The molecule has 0 heterocycles. The summed E-state index contributed by atoms with van der Waals surface area (Å²) in [5, 5.41) is 29.8. The molecular weight excluding hydrogens is 278 g/mol. The number of esters is 1. The van der Waals surface area contributed by atoms with Crippen LogP contribution < -0.4 is 0 Å². The molecule has 0 spiro atoms. The summed E-state index contributed by atoms with van der Waals surface area (Å²) in [6.07, 6.45) is -3.42. The van der Waals surface area contributed by atoms with E-state index in [0.717, 1.165) is 12.1 Å². The molecule has 0 saturated carbocycles. The van der Waals surface area contributed by atoms with Gasteiger partial charge in [0.1, 0.15) is 6.10 Å². The van der Waals surface area contributed by atoms with Gasteiger partial charge in [0, 0.05) is 17.7 Å². The van der Waals surface area contributed by atoms with Gasteiger partial charge in [-0.1, -0.05) is 11.6 Å². The second-order valence-corrected chi connectivity index (χ2v) is 4.01. The number of nitro groups is 1. The van der Waals surface area contributed by atoms with Gasteiger partial charge in [-0.3, -0.25) is 10.1 Å². The van der Waals surface area contributed by atoms with Crippen LogP contribution in [0.4, 0.5) is 5.69 Å². The Morgan fingerprint density at radius 1 is 1.53 bits per heavy atom. The monoisotopic (exact) mass is 289 g/mol. The van der Waals surface area contributed by atoms with Crippen molar-refractivity contribution in [2.24, 2.45) is 0 Å². The summed E-state index contributed by atoms with van der Waals surface area (Å²) in [6, 6.07) is 3.31. The smallest absolute Gasteiger partial charge is 0.338 e. The lowest BCUT2D eigenvalue weighted by atomic mass is 10.0. The van der Waals surface area contributed by atoms with Gasteiger partial charge in [-0.15, -0.1) is 0 Å². The highest BCUT2D eigenvalue weighted by molar-refractivity contribution is 6.31. The Kier molecular flexibility index (Phi) is 5.22. The number of hydrogen-bond acceptors (Lipinski definition) is 6. The van der Waals surface area contributed by atoms with E-state index in [-0.39, 0.29) is 22.9 Å². The number of aliphatic hydroxyl groups is 2. The predicted octanol–water partition coefficient (Wildman–Crippen LogP) is 1.21. The van der Waals surface area contributed by atoms with Gasteiger partial charge in [0.2, 0.25) is 0 Å². The van der Waals surface area contributed by atoms with E-state index in [1.165, 1.54) is 6.07 Å². The van der Waals surface area contributed by atoms with Crippen LogP contribution in [0.2, 0.25) is 5.02 Å². The first kappa shape index (κ1) is 15.4. The summed E-state index contributed by atoms with van der Waals surface area (Å²) < 4.78 is 4.55. The zero-order valence-electron chi connectivity index (χ0n) is 9.95. The highest BCUT2D eigenvalue weighted by atomic mass is 35.5. The molecule has 0 fully saturated rings. The Balaban J connectivity index is 2.96. The van der Waals surface area contributed by atoms with Crippen LogP contribution in [-0.4, -0.2) is 33.8 Å². The molecule has 2 unspecified atom stereocenters. The van der Waals surface area contributed by atoms with Gasteiger partial charge >= 0.3 is 5.97 Å². The number of rotatable bonds is 5. The van der Waals surface area contributed by atoms with Crippen LogP contribution in [0.3, 0.4) is 0 Å². The predicted molar refractivity (Wildman–Crippen MR) is 65.7 cm³/mol. The fourth-order valence-corrected chi connectivity index (χ4v) is 1.68. The Morgan fingerprint density at radius 3 is 2.63 bits per heavy atom. The second kappa shape index (κ2) is 6.46. The first-order chi connectivity index (χ1) is 8.88. The molecule has 0 radical (unpaired) electrons. The third-order valence-electron chi connectivity index (χ3n) is 2.34. The molecule has 0 aliphatic carbocycles. The fourth-order valence-electron chi connectivity index (χ4n) is 1.40. The molecule has 0 saturated heterocycles. The fraction of sp³-hybridized carbons (Fsp3) is 0.364. The Labute approximate surface area is 113 Å². The highest BCUT2D eigenvalue weighted by Crippen LogP contribution is 2.29. The first-order valence-corrected chi connectivity index (χ1v) is 5.72. The van der Waals surface area contributed by atoms with Crippen LogP contribution in [0, 0.1) is 10.1 Å². The number of non-ortho nitro benzene ring substituents is 1. The number of ether oxygens (including phenoxy) is 1. The third kappa shape index (κ3) is 3.63. The molecule has 2 atom stereocenters. The Bertz CT molecular complexity index is 492. The van der Waals surface area contributed by atoms with Gasteiger partial charge in [-0.25, -0.2) is 4.79 Å². The van der Waals surface area contributed by atoms with Gasteiger partial charge in [0.25, 0.3) is 5.69 Å². The Morgan fingerprint density at radius 2 is 2.16 bits per heavy atom. The maximum absolute atomic E-state index is 11.3. The first-order valence-electron chi connectivity index (χ1n) is 5.35. The van der Waals surface area contributed by atoms with E-state index in [1.807, 2.05) is 0 Å². The normalized spacial score (nSPS) is 13.7. The number of halogens is 1. The Hall–Kier alpha value is -1.70. The summed E-state index contributed by atoms with van der Waals surface area (Å²) in [4.78, 5) is 21.1. The van der Waals surface area contributed by atoms with Crippen LogP contribution >= 0.6 is 11.6 Å². The lowest BCUT2D eigenvalue weighted by molar-refractivity contribution is -0.384. The zero-order chi connectivity index (χ0) is 14.6. The summed E-state index contributed by atoms with van der Waals surface area (Å²) in [6.45, 7) is 1.60. The molecule has 0 aromatic heterocycles. The minimum atomic E-state index is -1.81. The maximum Gasteiger partial charge on any atom is 0.338 e. The SMILES string of the molecule is CCOC(=O)C(O)C(O)c1ccc([N+](=O)[O-])cc1Cl. The van der Waals surface area contributed by atoms with Crippen molar-refractivity contribution in [1.82, 2.24) is 0 Å². The zero-order valence-corrected chi connectivity index (χ0v) is 10.7. The lowest BCUT2D eigenvalue weighted by Gasteiger charge is -2.17. The quantitative estimate of drug-likeness (QED) is 0.479. The molecule has 0 bridgehead atoms. The van der Waals surface area contributed by atoms with Crippen LogP contribution in [0.5, 0.6) is 0 Å². The number of benzene rings is 1. The van der Waals surface area contributed by atoms with Gasteiger partial charge < -0.3 is 14.9 Å². The molecule has 0 amide bonds. The molecule has 0 aliphatic rings. The van der Waals surface area contributed by atoms with Crippen molar-refractivity contribution in [1.29, 1.82) is 0 Å². The summed E-state index contributed by atoms with van der Waals surface area (Å²) in [5.41, 5.74) is -0.251. The van der Waals surface area contributed by atoms with Crippen molar-refractivity contribution in [3.63, 3.8) is 0 Å². The number of aliphatic hydroxyl groups excluding tert-OH is 2. The molecule has 7 nitrogen and oxygen atoms in total. The van der Waals surface area contributed by atoms with E-state index >= 15 is 0 Å². The second-order valence-electron chi connectivity index (χ2n) is 3.60. The molecule has 1 aromatic rings. The van der Waals surface area contributed by atoms with Crippen molar-refractivity contribution in [3.8, 4) is 0 Å². The molecule has 0 aliphatic heterocycles. The minimum absolute atomic E-state index is 0.00724. The average Bonchev–Trinajstić information content (AvgIpc) is 2.37. The summed E-state index contributed by atoms with van der Waals surface area (Å²) in [5.74, 6) is -0.996. The topological polar surface area (TPSA) is 110 Å². The summed E-state index contributed by atoms with van der Waals surface area (Å²) in [7, 11) is 0. The van der Waals surface area contributed by atoms with Crippen LogP contribution in [0.1, 0.15) is 18.6 Å². The van der Waals surface area contributed by atoms with Crippen molar-refractivity contribution in [2.45, 2.75) is 19.1 Å². The van der Waals surface area contributed by atoms with Crippen molar-refractivity contribution >= 4 is 23.3 Å². The standard InChI is InChI=1S/C11H12ClNO6/c1-2-19-11(16)10(15)9(14)7-4-3-6(13(17)18)5-8(7)12/h3-5,9-10,14-15H,2H2,1H3.